The van der Waals surface area contributed by atoms with Crippen LogP contribution in [-0.4, -0.2) is 83.8 Å². The van der Waals surface area contributed by atoms with Crippen LogP contribution in [0.15, 0.2) is 47.4 Å². The second kappa shape index (κ2) is 13.5. The monoisotopic (exact) mass is 653 g/mol. The van der Waals surface area contributed by atoms with Gasteiger partial charge in [-0.15, -0.1) is 0 Å². The average Bonchev–Trinajstić information content (AvgIpc) is 3.02. The third-order valence-electron chi connectivity index (χ3n) is 9.32. The van der Waals surface area contributed by atoms with Crippen LogP contribution in [-0.2, 0) is 23.2 Å². The number of nitrogens with zero attached hydrogens (tertiary/aromatic N) is 5. The smallest absolute Gasteiger partial charge is 0.287 e. The molecule has 3 aliphatic heterocycles. The number of imide groups is 1. The minimum Gasteiger partial charge on any atom is -0.378 e. The number of amides is 2. The lowest BCUT2D eigenvalue weighted by Gasteiger charge is -2.37. The van der Waals surface area contributed by atoms with Gasteiger partial charge in [-0.3, -0.25) is 24.6 Å². The molecule has 0 spiro atoms. The van der Waals surface area contributed by atoms with E-state index in [-0.39, 0.29) is 46.6 Å². The van der Waals surface area contributed by atoms with Crippen molar-refractivity contribution in [2.24, 2.45) is 7.05 Å². The Bertz CT molecular complexity index is 1680. The molecule has 0 bridgehead atoms. The fourth-order valence-electron chi connectivity index (χ4n) is 6.85. The summed E-state index contributed by atoms with van der Waals surface area (Å²) in [5.41, 5.74) is 3.06. The molecule has 3 aliphatic rings. The van der Waals surface area contributed by atoms with E-state index < -0.39 is 23.5 Å². The first-order valence-electron chi connectivity index (χ1n) is 15.6. The summed E-state index contributed by atoms with van der Waals surface area (Å²) in [6.07, 6.45) is 2.82. The molecule has 3 saturated heterocycles. The number of piperazine rings is 1. The molecule has 1 aromatic heterocycles. The van der Waals surface area contributed by atoms with Gasteiger partial charge in [0.05, 0.1) is 23.5 Å². The molecule has 3 fully saturated rings. The molecule has 13 heteroatoms. The minimum atomic E-state index is -0.812. The summed E-state index contributed by atoms with van der Waals surface area (Å²) >= 11 is 6.29. The lowest BCUT2D eigenvalue weighted by Crippen LogP contribution is -2.46. The summed E-state index contributed by atoms with van der Waals surface area (Å²) in [6.45, 7) is 5.03. The van der Waals surface area contributed by atoms with E-state index in [4.69, 9.17) is 11.6 Å². The number of benzene rings is 2. The zero-order valence-corrected chi connectivity index (χ0v) is 26.7. The average molecular weight is 654 g/mol. The van der Waals surface area contributed by atoms with Crippen molar-refractivity contribution in [3.8, 4) is 0 Å². The Balaban J connectivity index is 1.05. The van der Waals surface area contributed by atoms with Crippen LogP contribution in [0.1, 0.15) is 47.8 Å². The predicted molar refractivity (Wildman–Crippen MR) is 172 cm³/mol. The molecule has 0 saturated carbocycles. The third-order valence-corrected chi connectivity index (χ3v) is 9.69. The number of aromatic nitrogens is 2. The molecule has 10 nitrogen and oxygen atoms in total. The number of hydrogen-bond donors (Lipinski definition) is 2. The molecule has 6 rings (SSSR count). The van der Waals surface area contributed by atoms with Crippen molar-refractivity contribution in [1.82, 2.24) is 24.9 Å². The highest BCUT2D eigenvalue weighted by atomic mass is 35.5. The number of hydrogen-bond acceptors (Lipinski definition) is 8. The van der Waals surface area contributed by atoms with Crippen molar-refractivity contribution >= 4 is 34.8 Å². The minimum absolute atomic E-state index is 0.108. The molecule has 46 heavy (non-hydrogen) atoms. The number of halogens is 3. The SMILES string of the molecule is CN1CC(c2ccc(CN3CCN(c4cc(C5CCC(=O)NC5=O)c(F)cc4F)CC3)cc2)C[C@@H](Nc2cnn(C)c(=O)c2Cl)C1. The Labute approximate surface area is 271 Å². The van der Waals surface area contributed by atoms with Gasteiger partial charge in [0.15, 0.2) is 0 Å². The fourth-order valence-corrected chi connectivity index (χ4v) is 7.08. The number of likely N-dealkylation sites (tertiary alicyclic amines) is 1. The number of rotatable bonds is 7. The van der Waals surface area contributed by atoms with Crippen molar-refractivity contribution in [2.75, 3.05) is 56.5 Å². The Morgan fingerprint density at radius 3 is 2.46 bits per heavy atom. The largest absolute Gasteiger partial charge is 0.378 e. The Morgan fingerprint density at radius 1 is 1.00 bits per heavy atom. The molecular weight excluding hydrogens is 616 g/mol. The number of nitrogens with one attached hydrogen (secondary N) is 2. The molecular formula is C33H38ClF2N7O3. The highest BCUT2D eigenvalue weighted by molar-refractivity contribution is 6.32. The molecule has 3 atom stereocenters. The molecule has 2 amide bonds. The summed E-state index contributed by atoms with van der Waals surface area (Å²) in [4.78, 5) is 42.6. The van der Waals surface area contributed by atoms with Gasteiger partial charge in [-0.25, -0.2) is 13.5 Å². The van der Waals surface area contributed by atoms with E-state index in [1.165, 1.54) is 21.9 Å². The van der Waals surface area contributed by atoms with E-state index in [0.29, 0.717) is 37.8 Å². The highest BCUT2D eigenvalue weighted by Gasteiger charge is 2.32. The van der Waals surface area contributed by atoms with E-state index in [1.807, 2.05) is 4.90 Å². The van der Waals surface area contributed by atoms with Gasteiger partial charge < -0.3 is 15.1 Å². The summed E-state index contributed by atoms with van der Waals surface area (Å²) in [7, 11) is 3.66. The van der Waals surface area contributed by atoms with Crippen molar-refractivity contribution in [3.63, 3.8) is 0 Å². The standard InChI is InChI=1S/C33H38ClF2N7O3/c1-40-18-22(13-23(19-40)38-28-16-37-41(2)33(46)31(28)34)21-5-3-20(4-6-21)17-42-9-11-43(12-10-42)29-14-25(26(35)15-27(29)36)24-7-8-30(44)39-32(24)45/h3-6,14-16,22-24,38H,7-13,17-19H2,1-2H3,(H,39,44,45)/t22?,23-,24?/m1/s1. The van der Waals surface area contributed by atoms with Gasteiger partial charge in [-0.2, -0.15) is 5.10 Å². The molecule has 0 aliphatic carbocycles. The zero-order chi connectivity index (χ0) is 32.5. The first-order valence-corrected chi connectivity index (χ1v) is 16.0. The van der Waals surface area contributed by atoms with Crippen LogP contribution in [0.25, 0.3) is 0 Å². The van der Waals surface area contributed by atoms with Crippen LogP contribution < -0.4 is 21.1 Å². The van der Waals surface area contributed by atoms with Gasteiger partial charge in [0.25, 0.3) is 5.56 Å². The Hall–Kier alpha value is -3.87. The molecule has 0 radical (unpaired) electrons. The molecule has 3 aromatic rings. The van der Waals surface area contributed by atoms with Crippen LogP contribution >= 0.6 is 11.6 Å². The highest BCUT2D eigenvalue weighted by Crippen LogP contribution is 2.33. The van der Waals surface area contributed by atoms with Gasteiger partial charge in [0, 0.05) is 77.0 Å². The van der Waals surface area contributed by atoms with Crippen molar-refractivity contribution in [2.45, 2.75) is 43.7 Å². The summed E-state index contributed by atoms with van der Waals surface area (Å²) in [5.74, 6) is -2.85. The summed E-state index contributed by atoms with van der Waals surface area (Å²) in [5, 5.41) is 9.92. The van der Waals surface area contributed by atoms with Gasteiger partial charge in [0.2, 0.25) is 11.8 Å². The Kier molecular flexibility index (Phi) is 9.39. The molecule has 2 N–H and O–H groups in total. The first kappa shape index (κ1) is 32.1. The van der Waals surface area contributed by atoms with Crippen LogP contribution in [0.2, 0.25) is 5.02 Å². The van der Waals surface area contributed by atoms with Crippen LogP contribution in [0.3, 0.4) is 0 Å². The maximum Gasteiger partial charge on any atom is 0.287 e. The number of carbonyl (C=O) groups is 2. The van der Waals surface area contributed by atoms with E-state index in [2.05, 4.69) is 56.8 Å². The second-order valence-corrected chi connectivity index (χ2v) is 13.0. The number of likely N-dealkylation sites (N-methyl/N-ethyl adjacent to an activating group) is 1. The summed E-state index contributed by atoms with van der Waals surface area (Å²) in [6, 6.07) is 11.1. The van der Waals surface area contributed by atoms with Crippen molar-refractivity contribution < 1.29 is 18.4 Å². The van der Waals surface area contributed by atoms with E-state index >= 15 is 0 Å². The molecule has 2 unspecified atom stereocenters. The summed E-state index contributed by atoms with van der Waals surface area (Å²) < 4.78 is 30.8. The maximum absolute atomic E-state index is 14.9. The maximum atomic E-state index is 14.9. The number of aryl methyl sites for hydroxylation is 1. The molecule has 244 valence electrons. The molecule has 4 heterocycles. The van der Waals surface area contributed by atoms with Gasteiger partial charge in [-0.05, 0) is 43.0 Å². The Morgan fingerprint density at radius 2 is 1.74 bits per heavy atom. The van der Waals surface area contributed by atoms with E-state index in [1.54, 1.807) is 13.2 Å². The quantitative estimate of drug-likeness (QED) is 0.374. The molecule has 2 aromatic carbocycles. The van der Waals surface area contributed by atoms with Crippen LogP contribution in [0.5, 0.6) is 0 Å². The van der Waals surface area contributed by atoms with Crippen molar-refractivity contribution in [1.29, 1.82) is 0 Å². The third kappa shape index (κ3) is 6.93. The zero-order valence-electron chi connectivity index (χ0n) is 25.9. The normalized spacial score (nSPS) is 23.0. The van der Waals surface area contributed by atoms with Crippen LogP contribution in [0.4, 0.5) is 20.2 Å². The fraction of sp³-hybridized carbons (Fsp3) is 0.455. The lowest BCUT2D eigenvalue weighted by molar-refractivity contribution is -0.134. The van der Waals surface area contributed by atoms with E-state index in [0.717, 1.165) is 32.1 Å². The lowest BCUT2D eigenvalue weighted by atomic mass is 9.87. The van der Waals surface area contributed by atoms with Gasteiger partial charge in [0.1, 0.15) is 16.7 Å². The second-order valence-electron chi connectivity index (χ2n) is 12.6. The number of piperidine rings is 2. The van der Waals surface area contributed by atoms with Gasteiger partial charge >= 0.3 is 0 Å². The topological polar surface area (TPSA) is 103 Å². The predicted octanol–water partition coefficient (Wildman–Crippen LogP) is 3.45. The number of carbonyl (C=O) groups excluding carboxylic acids is 2. The number of anilines is 2. The van der Waals surface area contributed by atoms with Crippen molar-refractivity contribution in [3.05, 3.63) is 86.3 Å². The van der Waals surface area contributed by atoms with Gasteiger partial charge in [-0.1, -0.05) is 35.9 Å². The van der Waals surface area contributed by atoms with Crippen LogP contribution in [0, 0.1) is 11.6 Å². The first-order chi connectivity index (χ1) is 22.0. The van der Waals surface area contributed by atoms with E-state index in [9.17, 15) is 23.2 Å².